The topological polar surface area (TPSA) is 89.2 Å². The Morgan fingerprint density at radius 2 is 0.449 bits per heavy atom. The summed E-state index contributed by atoms with van der Waals surface area (Å²) in [5.41, 5.74) is 28.1. The summed E-state index contributed by atoms with van der Waals surface area (Å²) in [4.78, 5) is 7.50. The van der Waals surface area contributed by atoms with Gasteiger partial charge in [0.25, 0.3) is 0 Å². The average molecular weight is 1500 g/mol. The van der Waals surface area contributed by atoms with Crippen LogP contribution < -0.4 is 0 Å². The van der Waals surface area contributed by atoms with Gasteiger partial charge in [0, 0.05) is 120 Å². The lowest BCUT2D eigenvalue weighted by Crippen LogP contribution is -1.94. The average Bonchev–Trinajstić information content (AvgIpc) is 1.54. The highest BCUT2D eigenvalue weighted by atomic mass is 15.0. The Kier molecular flexibility index (Phi) is 13.3. The Morgan fingerprint density at radius 3 is 0.763 bits per heavy atom. The van der Waals surface area contributed by atoms with E-state index in [9.17, 15) is 10.5 Å². The van der Waals surface area contributed by atoms with E-state index < -0.39 is 0 Å². The van der Waals surface area contributed by atoms with Gasteiger partial charge in [0.15, 0.2) is 11.4 Å². The highest BCUT2D eigenvalue weighted by molar-refractivity contribution is 6.28. The summed E-state index contributed by atoms with van der Waals surface area (Å²) in [5, 5.41) is 43.1. The second-order valence-electron chi connectivity index (χ2n) is 31.2. The van der Waals surface area contributed by atoms with Crippen molar-refractivity contribution in [1.29, 1.82) is 10.5 Å². The number of nitriles is 2. The smallest absolute Gasteiger partial charge is 0.188 e. The van der Waals surface area contributed by atoms with Crippen LogP contribution >= 0.6 is 0 Å². The molecule has 0 fully saturated rings. The third kappa shape index (κ3) is 8.85. The molecule has 17 aromatic carbocycles. The number of rotatable bonds is 4. The number of benzene rings is 17. The predicted octanol–water partition coefficient (Wildman–Crippen LogP) is 28.1. The first-order valence-corrected chi connectivity index (χ1v) is 39.5. The fraction of sp³-hybridized carbons (Fsp3) is 0.00935. The van der Waals surface area contributed by atoms with Crippen LogP contribution in [0.5, 0.6) is 0 Å². The molecular formula is C107H59N11. The number of hydrogen-bond donors (Lipinski definition) is 0. The molecule has 0 spiro atoms. The molecule has 0 aliphatic carbocycles. The van der Waals surface area contributed by atoms with Crippen molar-refractivity contribution in [3.05, 3.63) is 379 Å². The van der Waals surface area contributed by atoms with Gasteiger partial charge < -0.3 is 31.5 Å². The maximum Gasteiger partial charge on any atom is 0.188 e. The van der Waals surface area contributed by atoms with Crippen molar-refractivity contribution in [1.82, 2.24) is 31.5 Å². The number of para-hydroxylation sites is 8. The Morgan fingerprint density at radius 1 is 0.212 bits per heavy atom. The van der Waals surface area contributed by atoms with Gasteiger partial charge >= 0.3 is 0 Å². The molecule has 0 aliphatic heterocycles. The number of aryl methyl sites for hydroxylation is 1. The fourth-order valence-corrected chi connectivity index (χ4v) is 20.3. The lowest BCUT2D eigenvalue weighted by atomic mass is 10.0. The quantitative estimate of drug-likeness (QED) is 0.164. The van der Waals surface area contributed by atoms with Crippen LogP contribution in [0.1, 0.15) is 16.7 Å². The molecule has 0 aliphatic rings. The molecule has 118 heavy (non-hydrogen) atoms. The number of hydrogen-bond acceptors (Lipinski definition) is 2. The first kappa shape index (κ1) is 64.9. The van der Waals surface area contributed by atoms with Crippen LogP contribution in [0.15, 0.2) is 340 Å². The Labute approximate surface area is 671 Å². The SMILES string of the molecule is Cc1ccc2c(c1)c1cc(C#N)cc3c4cc(-n5c6ccccc6c6ccccc65)ccc4n2c13.[C-]#[N+]c1ccc2c(c1)c1cc(-n3c4ccccc4c4ccccc43)cc3c4cc(-n5c6ccccc6c6ccccc65)ccc4n2c13.[C-]#[N+]c1ccc2c(c1)c1cc(-n3c4ccccc4c4ccccc43)cc3c4cc(C#N)ccc4n2c31. The molecule has 542 valence electrons. The van der Waals surface area contributed by atoms with Gasteiger partial charge in [0.1, 0.15) is 0 Å². The van der Waals surface area contributed by atoms with E-state index in [0.29, 0.717) is 22.5 Å². The van der Waals surface area contributed by atoms with Gasteiger partial charge in [-0.05, 0) is 194 Å². The summed E-state index contributed by atoms with van der Waals surface area (Å²) in [6, 6.07) is 125. The van der Waals surface area contributed by atoms with Crippen LogP contribution in [0.4, 0.5) is 11.4 Å². The number of nitrogens with zero attached hydrogens (tertiary/aromatic N) is 11. The van der Waals surface area contributed by atoms with E-state index in [0.717, 1.165) is 98.9 Å². The zero-order valence-corrected chi connectivity index (χ0v) is 63.3. The molecule has 0 saturated carbocycles. The maximum absolute atomic E-state index is 9.83. The van der Waals surface area contributed by atoms with Gasteiger partial charge in [-0.15, -0.1) is 0 Å². The summed E-state index contributed by atoms with van der Waals surface area (Å²) < 4.78 is 16.5. The Balaban J connectivity index is 0.000000100. The van der Waals surface area contributed by atoms with Crippen LogP contribution in [0.3, 0.4) is 0 Å². The summed E-state index contributed by atoms with van der Waals surface area (Å²) >= 11 is 0. The summed E-state index contributed by atoms with van der Waals surface area (Å²) in [6.45, 7) is 17.5. The standard InChI is InChI=1S/C43H24N4.C32H16N4.C32H19N3/c1-44-26-18-20-41-33(22-26)35-24-28(46-39-16-8-4-12-31(39)32-13-5-9-17-40(32)46)25-36-34-23-27(19-21-42(34)47(41)43(35)36)45-37-14-6-2-10-29(37)30-11-3-7-15-38(30)45;1-34-20-11-13-31-25(15-20)27-17-21(16-26-24-14-19(18-33)10-12-30(24)36(31)32(26)27)35-28-8-4-2-6-22(28)23-7-3-5-9-29(23)35;1-19-10-12-30-24(14-19)26-15-20(18-33)16-27-25-17-21(11-13-31(25)35(30)32(26)27)34-28-8-4-2-6-22(28)23-7-3-5-9-29(23)34/h2-25H;2-17H;2-17H,1H3. The van der Waals surface area contributed by atoms with Crippen molar-refractivity contribution >= 4 is 213 Å². The third-order valence-corrected chi connectivity index (χ3v) is 25.1. The van der Waals surface area contributed by atoms with Crippen LogP contribution in [-0.2, 0) is 0 Å². The number of fused-ring (bicyclic) bond motifs is 30. The van der Waals surface area contributed by atoms with E-state index in [-0.39, 0.29) is 0 Å². The van der Waals surface area contributed by atoms with Crippen molar-refractivity contribution < 1.29 is 0 Å². The van der Waals surface area contributed by atoms with Gasteiger partial charge in [-0.2, -0.15) is 10.5 Å². The summed E-state index contributed by atoms with van der Waals surface area (Å²) in [6.07, 6.45) is 0. The van der Waals surface area contributed by atoms with E-state index in [1.54, 1.807) is 0 Å². The molecule has 0 bridgehead atoms. The predicted molar refractivity (Wildman–Crippen MR) is 487 cm³/mol. The Bertz CT molecular complexity index is 8980. The summed E-state index contributed by atoms with van der Waals surface area (Å²) in [7, 11) is 0. The zero-order valence-electron chi connectivity index (χ0n) is 63.3. The Hall–Kier alpha value is -16.7. The van der Waals surface area contributed by atoms with Crippen molar-refractivity contribution in [2.75, 3.05) is 0 Å². The largest absolute Gasteiger partial charge is 0.309 e. The van der Waals surface area contributed by atoms with Crippen molar-refractivity contribution in [3.8, 4) is 34.9 Å². The molecule has 0 unspecified atom stereocenters. The normalized spacial score (nSPS) is 12.1. The molecule has 10 heterocycles. The zero-order chi connectivity index (χ0) is 78.0. The molecule has 0 radical (unpaired) electrons. The molecule has 11 nitrogen and oxygen atoms in total. The first-order valence-electron chi connectivity index (χ1n) is 39.5. The first-order chi connectivity index (χ1) is 58.3. The van der Waals surface area contributed by atoms with Gasteiger partial charge in [-0.25, -0.2) is 9.69 Å². The molecule has 0 N–H and O–H groups in total. The lowest BCUT2D eigenvalue weighted by Gasteiger charge is -2.10. The van der Waals surface area contributed by atoms with E-state index >= 15 is 0 Å². The van der Waals surface area contributed by atoms with Crippen molar-refractivity contribution in [3.63, 3.8) is 0 Å². The van der Waals surface area contributed by atoms with Crippen LogP contribution in [0.2, 0.25) is 0 Å². The molecule has 0 atom stereocenters. The van der Waals surface area contributed by atoms with Gasteiger partial charge in [-0.3, -0.25) is 0 Å². The molecule has 27 aromatic rings. The highest BCUT2D eigenvalue weighted by Crippen LogP contribution is 2.49. The fourth-order valence-electron chi connectivity index (χ4n) is 20.3. The van der Waals surface area contributed by atoms with E-state index in [1.165, 1.54) is 131 Å². The lowest BCUT2D eigenvalue weighted by molar-refractivity contribution is 1.18. The third-order valence-electron chi connectivity index (χ3n) is 25.1. The minimum Gasteiger partial charge on any atom is -0.309 e. The minimum absolute atomic E-state index is 0.631. The van der Waals surface area contributed by atoms with Gasteiger partial charge in [0.2, 0.25) is 0 Å². The van der Waals surface area contributed by atoms with E-state index in [1.807, 2.05) is 54.6 Å². The van der Waals surface area contributed by atoms with Crippen LogP contribution in [0.25, 0.3) is 234 Å². The second kappa shape index (κ2) is 24.2. The second-order valence-corrected chi connectivity index (χ2v) is 31.2. The number of aromatic nitrogens is 7. The molecular weight excluding hydrogens is 1440 g/mol. The van der Waals surface area contributed by atoms with E-state index in [4.69, 9.17) is 13.1 Å². The minimum atomic E-state index is 0.631. The highest BCUT2D eigenvalue weighted by Gasteiger charge is 2.27. The molecule has 0 saturated heterocycles. The maximum atomic E-state index is 9.83. The molecule has 27 rings (SSSR count). The van der Waals surface area contributed by atoms with Crippen LogP contribution in [-0.4, -0.2) is 31.5 Å². The van der Waals surface area contributed by atoms with Crippen molar-refractivity contribution in [2.45, 2.75) is 6.92 Å². The summed E-state index contributed by atoms with van der Waals surface area (Å²) in [5.74, 6) is 0. The monoisotopic (exact) mass is 1500 g/mol. The molecule has 11 heteroatoms. The molecule has 10 aromatic heterocycles. The molecule has 0 amide bonds. The van der Waals surface area contributed by atoms with Crippen LogP contribution in [0, 0.1) is 42.7 Å². The van der Waals surface area contributed by atoms with E-state index in [2.05, 4.69) is 345 Å². The van der Waals surface area contributed by atoms with Crippen molar-refractivity contribution in [2.24, 2.45) is 0 Å². The van der Waals surface area contributed by atoms with Gasteiger partial charge in [-0.1, -0.05) is 169 Å². The van der Waals surface area contributed by atoms with Gasteiger partial charge in [0.05, 0.1) is 130 Å².